The number of aromatic nitrogens is 2. The van der Waals surface area contributed by atoms with Gasteiger partial charge in [0, 0.05) is 17.6 Å². The maximum atomic E-state index is 10.2. The third kappa shape index (κ3) is 4.84. The number of anilines is 2. The van der Waals surface area contributed by atoms with Crippen LogP contribution < -0.4 is 10.6 Å². The van der Waals surface area contributed by atoms with E-state index in [1.54, 1.807) is 6.20 Å². The Labute approximate surface area is 188 Å². The zero-order valence-electron chi connectivity index (χ0n) is 18.0. The standard InChI is InChI=1S/C24H28ClN5O/c1-24(2)12-19(6-8-21(24)31)29-22-17(13-26)14-28-23(30-22)27-10-9-15-3-4-16-11-18(25)5-7-20(15)16/h3,5,7,11,14,19,21,31H,4,6,8-10,12H2,1-2H3,(H2,27,28,29,30)/t19-,21+/m1/s1. The van der Waals surface area contributed by atoms with Crippen LogP contribution in [0, 0.1) is 16.7 Å². The van der Waals surface area contributed by atoms with Crippen molar-refractivity contribution in [1.82, 2.24) is 9.97 Å². The molecule has 31 heavy (non-hydrogen) atoms. The van der Waals surface area contributed by atoms with E-state index in [9.17, 15) is 10.4 Å². The third-order valence-electron chi connectivity index (χ3n) is 6.37. The molecule has 2 aromatic rings. The minimum atomic E-state index is -0.297. The summed E-state index contributed by atoms with van der Waals surface area (Å²) < 4.78 is 0. The summed E-state index contributed by atoms with van der Waals surface area (Å²) in [7, 11) is 0. The van der Waals surface area contributed by atoms with Gasteiger partial charge in [0.1, 0.15) is 17.5 Å². The molecule has 1 aromatic carbocycles. The largest absolute Gasteiger partial charge is 0.393 e. The van der Waals surface area contributed by atoms with Gasteiger partial charge in [0.05, 0.1) is 12.3 Å². The second-order valence-corrected chi connectivity index (χ2v) is 9.54. The Bertz CT molecular complexity index is 1040. The van der Waals surface area contributed by atoms with E-state index >= 15 is 0 Å². The van der Waals surface area contributed by atoms with Crippen molar-refractivity contribution < 1.29 is 5.11 Å². The molecular formula is C24H28ClN5O. The SMILES string of the molecule is CC1(C)C[C@H](Nc2nc(NCCC3=CCc4cc(Cl)ccc43)ncc2C#N)CC[C@@H]1O. The second-order valence-electron chi connectivity index (χ2n) is 9.11. The molecule has 162 valence electrons. The molecule has 7 heteroatoms. The molecule has 2 aliphatic carbocycles. The van der Waals surface area contributed by atoms with E-state index < -0.39 is 0 Å². The third-order valence-corrected chi connectivity index (χ3v) is 6.61. The first-order valence-electron chi connectivity index (χ1n) is 10.8. The lowest BCUT2D eigenvalue weighted by atomic mass is 9.73. The molecule has 3 N–H and O–H groups in total. The number of halogens is 1. The number of nitrogens with one attached hydrogen (secondary N) is 2. The fourth-order valence-electron chi connectivity index (χ4n) is 4.53. The van der Waals surface area contributed by atoms with Gasteiger partial charge in [-0.25, -0.2) is 4.98 Å². The van der Waals surface area contributed by atoms with Crippen LogP contribution in [-0.2, 0) is 6.42 Å². The van der Waals surface area contributed by atoms with Crippen molar-refractivity contribution in [2.45, 2.75) is 58.1 Å². The molecule has 0 aliphatic heterocycles. The first-order chi connectivity index (χ1) is 14.9. The fraction of sp³-hybridized carbons (Fsp3) is 0.458. The van der Waals surface area contributed by atoms with Crippen molar-refractivity contribution in [2.24, 2.45) is 5.41 Å². The van der Waals surface area contributed by atoms with Crippen LogP contribution in [0.1, 0.15) is 56.2 Å². The summed E-state index contributed by atoms with van der Waals surface area (Å²) in [5.74, 6) is 1.06. The van der Waals surface area contributed by atoms with Gasteiger partial charge in [-0.15, -0.1) is 0 Å². The number of aliphatic hydroxyl groups is 1. The summed E-state index contributed by atoms with van der Waals surface area (Å²) in [4.78, 5) is 8.87. The van der Waals surface area contributed by atoms with Crippen LogP contribution in [0.5, 0.6) is 0 Å². The maximum Gasteiger partial charge on any atom is 0.224 e. The molecule has 1 saturated carbocycles. The maximum absolute atomic E-state index is 10.2. The summed E-state index contributed by atoms with van der Waals surface area (Å²) in [6, 6.07) is 8.38. The number of hydrogen-bond acceptors (Lipinski definition) is 6. The molecule has 0 radical (unpaired) electrons. The highest BCUT2D eigenvalue weighted by molar-refractivity contribution is 6.30. The lowest BCUT2D eigenvalue weighted by Gasteiger charge is -2.40. The van der Waals surface area contributed by atoms with Crippen LogP contribution in [0.2, 0.25) is 5.02 Å². The van der Waals surface area contributed by atoms with Crippen LogP contribution in [0.3, 0.4) is 0 Å². The molecule has 1 heterocycles. The summed E-state index contributed by atoms with van der Waals surface area (Å²) >= 11 is 6.09. The normalized spacial score (nSPS) is 21.7. The average molecular weight is 438 g/mol. The van der Waals surface area contributed by atoms with Gasteiger partial charge in [0.2, 0.25) is 5.95 Å². The van der Waals surface area contributed by atoms with Gasteiger partial charge in [0.25, 0.3) is 0 Å². The lowest BCUT2D eigenvalue weighted by Crippen LogP contribution is -2.41. The topological polar surface area (TPSA) is 93.9 Å². The van der Waals surface area contributed by atoms with Gasteiger partial charge < -0.3 is 15.7 Å². The number of hydrogen-bond donors (Lipinski definition) is 3. The van der Waals surface area contributed by atoms with E-state index in [2.05, 4.69) is 52.7 Å². The second kappa shape index (κ2) is 8.86. The smallest absolute Gasteiger partial charge is 0.224 e. The molecule has 4 rings (SSSR count). The lowest BCUT2D eigenvalue weighted by molar-refractivity contribution is 0.00926. The first kappa shape index (κ1) is 21.6. The minimum absolute atomic E-state index is 0.160. The van der Waals surface area contributed by atoms with Crippen molar-refractivity contribution >= 4 is 28.9 Å². The number of nitriles is 1. The predicted molar refractivity (Wildman–Crippen MR) is 124 cm³/mol. The van der Waals surface area contributed by atoms with E-state index in [0.717, 1.165) is 37.1 Å². The molecule has 6 nitrogen and oxygen atoms in total. The van der Waals surface area contributed by atoms with E-state index in [-0.39, 0.29) is 17.6 Å². The number of allylic oxidation sites excluding steroid dienone is 1. The number of rotatable bonds is 6. The minimum Gasteiger partial charge on any atom is -0.393 e. The number of benzene rings is 1. The summed E-state index contributed by atoms with van der Waals surface area (Å²) in [6.45, 7) is 4.85. The monoisotopic (exact) mass is 437 g/mol. The molecule has 0 amide bonds. The molecule has 0 bridgehead atoms. The highest BCUT2D eigenvalue weighted by Crippen LogP contribution is 2.37. The van der Waals surface area contributed by atoms with Crippen LogP contribution >= 0.6 is 11.6 Å². The Morgan fingerprint density at radius 1 is 1.32 bits per heavy atom. The van der Waals surface area contributed by atoms with Gasteiger partial charge in [-0.2, -0.15) is 10.2 Å². The van der Waals surface area contributed by atoms with E-state index in [4.69, 9.17) is 11.6 Å². The van der Waals surface area contributed by atoms with Crippen molar-refractivity contribution in [3.8, 4) is 6.07 Å². The quantitative estimate of drug-likeness (QED) is 0.601. The van der Waals surface area contributed by atoms with Crippen LogP contribution in [0.4, 0.5) is 11.8 Å². The highest BCUT2D eigenvalue weighted by Gasteiger charge is 2.35. The molecule has 0 spiro atoms. The summed E-state index contributed by atoms with van der Waals surface area (Å²) in [5.41, 5.74) is 4.10. The van der Waals surface area contributed by atoms with Gasteiger partial charge in [-0.05, 0) is 66.4 Å². The van der Waals surface area contributed by atoms with Crippen molar-refractivity contribution in [3.05, 3.63) is 52.2 Å². The van der Waals surface area contributed by atoms with Crippen LogP contribution in [0.25, 0.3) is 5.57 Å². The molecule has 0 unspecified atom stereocenters. The Kier molecular flexibility index (Phi) is 6.17. The van der Waals surface area contributed by atoms with Crippen LogP contribution in [-0.4, -0.2) is 33.8 Å². The molecule has 1 aromatic heterocycles. The molecule has 2 atom stereocenters. The number of aliphatic hydroxyl groups excluding tert-OH is 1. The van der Waals surface area contributed by atoms with Gasteiger partial charge in [0.15, 0.2) is 0 Å². The first-order valence-corrected chi connectivity index (χ1v) is 11.2. The predicted octanol–water partition coefficient (Wildman–Crippen LogP) is 4.79. The zero-order chi connectivity index (χ0) is 22.0. The summed E-state index contributed by atoms with van der Waals surface area (Å²) in [6.07, 6.45) is 7.69. The summed E-state index contributed by atoms with van der Waals surface area (Å²) in [5, 5.41) is 27.1. The van der Waals surface area contributed by atoms with E-state index in [0.29, 0.717) is 23.9 Å². The Morgan fingerprint density at radius 2 is 2.16 bits per heavy atom. The van der Waals surface area contributed by atoms with Crippen molar-refractivity contribution in [3.63, 3.8) is 0 Å². The van der Waals surface area contributed by atoms with Gasteiger partial charge >= 0.3 is 0 Å². The van der Waals surface area contributed by atoms with Crippen LogP contribution in [0.15, 0.2) is 30.5 Å². The zero-order valence-corrected chi connectivity index (χ0v) is 18.7. The molecule has 1 fully saturated rings. The van der Waals surface area contributed by atoms with E-state index in [1.807, 2.05) is 12.1 Å². The Balaban J connectivity index is 1.39. The fourth-order valence-corrected chi connectivity index (χ4v) is 4.73. The highest BCUT2D eigenvalue weighted by atomic mass is 35.5. The van der Waals surface area contributed by atoms with Gasteiger partial charge in [-0.1, -0.05) is 37.6 Å². The number of fused-ring (bicyclic) bond motifs is 1. The van der Waals surface area contributed by atoms with Gasteiger partial charge in [-0.3, -0.25) is 0 Å². The molecule has 0 saturated heterocycles. The molecular weight excluding hydrogens is 410 g/mol. The van der Waals surface area contributed by atoms with Crippen molar-refractivity contribution in [2.75, 3.05) is 17.2 Å². The Hall–Kier alpha value is -2.62. The number of nitrogens with zero attached hydrogens (tertiary/aromatic N) is 3. The average Bonchev–Trinajstić information content (AvgIpc) is 3.13. The van der Waals surface area contributed by atoms with Crippen molar-refractivity contribution in [1.29, 1.82) is 5.26 Å². The Morgan fingerprint density at radius 3 is 2.94 bits per heavy atom. The van der Waals surface area contributed by atoms with E-state index in [1.165, 1.54) is 16.7 Å². The molecule has 2 aliphatic rings.